The van der Waals surface area contributed by atoms with E-state index in [0.29, 0.717) is 27.4 Å². The highest BCUT2D eigenvalue weighted by Gasteiger charge is 2.17. The second-order valence-corrected chi connectivity index (χ2v) is 6.83. The summed E-state index contributed by atoms with van der Waals surface area (Å²) in [4.78, 5) is -0.0874. The molecular weight excluding hydrogens is 394 g/mol. The van der Waals surface area contributed by atoms with Crippen LogP contribution in [0.5, 0.6) is 5.75 Å². The summed E-state index contributed by atoms with van der Waals surface area (Å²) >= 11 is 22.4. The first-order chi connectivity index (χ1) is 9.92. The van der Waals surface area contributed by atoms with Crippen LogP contribution in [0.3, 0.4) is 0 Å². The van der Waals surface area contributed by atoms with Gasteiger partial charge in [-0.1, -0.05) is 56.8 Å². The van der Waals surface area contributed by atoms with Crippen molar-refractivity contribution in [3.05, 3.63) is 62.1 Å². The second kappa shape index (κ2) is 7.23. The molecule has 0 aliphatic carbocycles. The molecule has 0 fully saturated rings. The fourth-order valence-corrected chi connectivity index (χ4v) is 3.66. The minimum atomic E-state index is -0.0874. The molecule has 2 rings (SSSR count). The van der Waals surface area contributed by atoms with Crippen molar-refractivity contribution in [1.29, 1.82) is 0 Å². The van der Waals surface area contributed by atoms with Gasteiger partial charge in [0.2, 0.25) is 0 Å². The van der Waals surface area contributed by atoms with Crippen LogP contribution in [0.1, 0.15) is 28.4 Å². The van der Waals surface area contributed by atoms with Gasteiger partial charge in [0, 0.05) is 16.1 Å². The van der Waals surface area contributed by atoms with Crippen molar-refractivity contribution >= 4 is 50.7 Å². The zero-order valence-corrected chi connectivity index (χ0v) is 15.4. The summed E-state index contributed by atoms with van der Waals surface area (Å²) in [5.41, 5.74) is 3.00. The maximum absolute atomic E-state index is 6.36. The molecule has 0 aliphatic rings. The molecule has 112 valence electrons. The molecule has 1 atom stereocenters. The quantitative estimate of drug-likeness (QED) is 0.503. The van der Waals surface area contributed by atoms with Gasteiger partial charge in [-0.05, 0) is 48.7 Å². The first kappa shape index (κ1) is 17.0. The Hall–Kier alpha value is -0.410. The first-order valence-electron chi connectivity index (χ1n) is 6.45. The largest absolute Gasteiger partial charge is 0.492 e. The molecule has 1 unspecified atom stereocenters. The zero-order chi connectivity index (χ0) is 15.6. The monoisotopic (exact) mass is 406 g/mol. The van der Waals surface area contributed by atoms with E-state index in [9.17, 15) is 0 Å². The lowest BCUT2D eigenvalue weighted by Gasteiger charge is -2.16. The second-order valence-electron chi connectivity index (χ2n) is 4.66. The molecule has 0 bridgehead atoms. The number of benzene rings is 2. The number of alkyl halides is 1. The fourth-order valence-electron chi connectivity index (χ4n) is 2.09. The van der Waals surface area contributed by atoms with E-state index in [2.05, 4.69) is 22.0 Å². The van der Waals surface area contributed by atoms with Crippen LogP contribution in [0.15, 0.2) is 30.3 Å². The SMILES string of the molecule is CCOc1cc(Cl)c(C(Br)c2cc(C)cc(Cl)c2)cc1Cl. The topological polar surface area (TPSA) is 9.23 Å². The number of halogens is 4. The Morgan fingerprint density at radius 2 is 1.76 bits per heavy atom. The third-order valence-corrected chi connectivity index (χ3v) is 4.84. The van der Waals surface area contributed by atoms with Crippen molar-refractivity contribution in [2.45, 2.75) is 18.7 Å². The van der Waals surface area contributed by atoms with E-state index in [1.165, 1.54) is 0 Å². The third kappa shape index (κ3) is 4.07. The molecule has 0 N–H and O–H groups in total. The first-order valence-corrected chi connectivity index (χ1v) is 8.50. The zero-order valence-electron chi connectivity index (χ0n) is 11.6. The van der Waals surface area contributed by atoms with E-state index >= 15 is 0 Å². The smallest absolute Gasteiger partial charge is 0.139 e. The minimum absolute atomic E-state index is 0.0874. The maximum Gasteiger partial charge on any atom is 0.139 e. The van der Waals surface area contributed by atoms with Crippen molar-refractivity contribution < 1.29 is 4.74 Å². The highest BCUT2D eigenvalue weighted by Crippen LogP contribution is 2.41. The van der Waals surface area contributed by atoms with Crippen LogP contribution in [0.2, 0.25) is 15.1 Å². The van der Waals surface area contributed by atoms with Crippen molar-refractivity contribution in [2.75, 3.05) is 6.61 Å². The molecule has 0 radical (unpaired) electrons. The lowest BCUT2D eigenvalue weighted by Crippen LogP contribution is -1.98. The summed E-state index contributed by atoms with van der Waals surface area (Å²) in [6.07, 6.45) is 0. The standard InChI is InChI=1S/C16H14BrCl3O/c1-3-21-15-8-13(19)12(7-14(15)20)16(17)10-4-9(2)5-11(18)6-10/h4-8,16H,3H2,1-2H3. The van der Waals surface area contributed by atoms with Gasteiger partial charge < -0.3 is 4.74 Å². The average Bonchev–Trinajstić information content (AvgIpc) is 2.41. The van der Waals surface area contributed by atoms with E-state index in [-0.39, 0.29) is 4.83 Å². The molecule has 0 spiro atoms. The Bertz CT molecular complexity index is 638. The average molecular weight is 409 g/mol. The predicted molar refractivity (Wildman–Crippen MR) is 94.6 cm³/mol. The van der Waals surface area contributed by atoms with Crippen LogP contribution in [0, 0.1) is 6.92 Å². The minimum Gasteiger partial charge on any atom is -0.492 e. The summed E-state index contributed by atoms with van der Waals surface area (Å²) in [7, 11) is 0. The molecule has 21 heavy (non-hydrogen) atoms. The number of hydrogen-bond donors (Lipinski definition) is 0. The van der Waals surface area contributed by atoms with Crippen molar-refractivity contribution in [3.8, 4) is 5.75 Å². The Kier molecular flexibility index (Phi) is 5.84. The Morgan fingerprint density at radius 3 is 2.38 bits per heavy atom. The van der Waals surface area contributed by atoms with Crippen molar-refractivity contribution in [3.63, 3.8) is 0 Å². The van der Waals surface area contributed by atoms with Crippen LogP contribution in [-0.2, 0) is 0 Å². The predicted octanol–water partition coefficient (Wildman–Crippen LogP) is 6.84. The molecule has 0 heterocycles. The summed E-state index contributed by atoms with van der Waals surface area (Å²) in [6, 6.07) is 9.46. The molecule has 0 amide bonds. The molecular formula is C16H14BrCl3O. The third-order valence-electron chi connectivity index (χ3n) is 2.98. The van der Waals surface area contributed by atoms with Gasteiger partial charge >= 0.3 is 0 Å². The molecule has 0 aliphatic heterocycles. The van der Waals surface area contributed by atoms with Gasteiger partial charge in [-0.15, -0.1) is 0 Å². The summed E-state index contributed by atoms with van der Waals surface area (Å²) in [5, 5.41) is 1.84. The number of ether oxygens (including phenoxy) is 1. The molecule has 2 aromatic carbocycles. The normalized spacial score (nSPS) is 12.3. The Labute approximate surface area is 148 Å². The molecule has 1 nitrogen and oxygen atoms in total. The van der Waals surface area contributed by atoms with Crippen LogP contribution in [0.4, 0.5) is 0 Å². The van der Waals surface area contributed by atoms with E-state index < -0.39 is 0 Å². The lowest BCUT2D eigenvalue weighted by molar-refractivity contribution is 0.340. The number of hydrogen-bond acceptors (Lipinski definition) is 1. The lowest BCUT2D eigenvalue weighted by atomic mass is 10.0. The van der Waals surface area contributed by atoms with Gasteiger partial charge in [-0.3, -0.25) is 0 Å². The molecule has 5 heteroatoms. The van der Waals surface area contributed by atoms with Crippen LogP contribution in [-0.4, -0.2) is 6.61 Å². The van der Waals surface area contributed by atoms with E-state index in [1.807, 2.05) is 32.0 Å². The molecule has 0 saturated carbocycles. The summed E-state index contributed by atoms with van der Waals surface area (Å²) in [5.74, 6) is 0.592. The van der Waals surface area contributed by atoms with Gasteiger partial charge in [0.25, 0.3) is 0 Å². The van der Waals surface area contributed by atoms with E-state index in [4.69, 9.17) is 39.5 Å². The van der Waals surface area contributed by atoms with E-state index in [1.54, 1.807) is 6.07 Å². The summed E-state index contributed by atoms with van der Waals surface area (Å²) in [6.45, 7) is 4.45. The molecule has 0 saturated heterocycles. The van der Waals surface area contributed by atoms with Crippen LogP contribution < -0.4 is 4.74 Å². The van der Waals surface area contributed by atoms with Gasteiger partial charge in [0.05, 0.1) is 16.5 Å². The van der Waals surface area contributed by atoms with Crippen LogP contribution >= 0.6 is 50.7 Å². The summed E-state index contributed by atoms with van der Waals surface area (Å²) < 4.78 is 5.44. The van der Waals surface area contributed by atoms with Gasteiger partial charge in [-0.2, -0.15) is 0 Å². The van der Waals surface area contributed by atoms with Gasteiger partial charge in [0.15, 0.2) is 0 Å². The van der Waals surface area contributed by atoms with Gasteiger partial charge in [0.1, 0.15) is 5.75 Å². The Balaban J connectivity index is 2.43. The van der Waals surface area contributed by atoms with Gasteiger partial charge in [-0.25, -0.2) is 0 Å². The molecule has 2 aromatic rings. The maximum atomic E-state index is 6.36. The van der Waals surface area contributed by atoms with E-state index in [0.717, 1.165) is 16.7 Å². The highest BCUT2D eigenvalue weighted by molar-refractivity contribution is 9.09. The number of aryl methyl sites for hydroxylation is 1. The fraction of sp³-hybridized carbons (Fsp3) is 0.250. The molecule has 0 aromatic heterocycles. The van der Waals surface area contributed by atoms with Crippen molar-refractivity contribution in [2.24, 2.45) is 0 Å². The van der Waals surface area contributed by atoms with Crippen LogP contribution in [0.25, 0.3) is 0 Å². The highest BCUT2D eigenvalue weighted by atomic mass is 79.9. The Morgan fingerprint density at radius 1 is 1.05 bits per heavy atom. The number of rotatable bonds is 4. The van der Waals surface area contributed by atoms with Crippen molar-refractivity contribution in [1.82, 2.24) is 0 Å².